The highest BCUT2D eigenvalue weighted by atomic mass is 32.2. The molecular formula is C16H14FN5OS2. The van der Waals surface area contributed by atoms with E-state index in [0.29, 0.717) is 31.8 Å². The fourth-order valence-corrected chi connectivity index (χ4v) is 4.47. The maximum Gasteiger partial charge on any atom is 0.282 e. The Bertz CT molecular complexity index is 951. The fourth-order valence-electron chi connectivity index (χ4n) is 2.25. The second kappa shape index (κ2) is 7.29. The highest BCUT2D eigenvalue weighted by Gasteiger charge is 2.22. The number of hydrogen-bond donors (Lipinski definition) is 0. The Labute approximate surface area is 152 Å². The van der Waals surface area contributed by atoms with Crippen LogP contribution in [0.25, 0.3) is 0 Å². The molecule has 6 nitrogen and oxygen atoms in total. The summed E-state index contributed by atoms with van der Waals surface area (Å²) in [5, 5.41) is 19.3. The van der Waals surface area contributed by atoms with Crippen molar-refractivity contribution >= 4 is 33.6 Å². The molecule has 1 aromatic heterocycles. The topological polar surface area (TPSA) is 74.3 Å². The minimum Gasteiger partial charge on any atom is -0.266 e. The van der Waals surface area contributed by atoms with Crippen molar-refractivity contribution in [1.82, 2.24) is 9.78 Å². The fraction of sp³-hybridized carbons (Fsp3) is 0.250. The predicted molar refractivity (Wildman–Crippen MR) is 98.4 cm³/mol. The Hall–Kier alpha value is -2.31. The number of rotatable bonds is 3. The first-order valence-electron chi connectivity index (χ1n) is 7.30. The molecule has 2 heterocycles. The molecule has 0 fully saturated rings. The normalized spacial score (nSPS) is 13.2. The van der Waals surface area contributed by atoms with E-state index >= 15 is 0 Å². The average Bonchev–Trinajstić information content (AvgIpc) is 2.63. The predicted octanol–water partition coefficient (Wildman–Crippen LogP) is 2.87. The van der Waals surface area contributed by atoms with E-state index in [9.17, 15) is 14.4 Å². The molecule has 0 saturated heterocycles. The monoisotopic (exact) mass is 375 g/mol. The first kappa shape index (κ1) is 17.5. The minimum atomic E-state index is -0.594. The molecule has 3 rings (SSSR count). The summed E-state index contributed by atoms with van der Waals surface area (Å²) in [4.78, 5) is 12.8. The van der Waals surface area contributed by atoms with Gasteiger partial charge in [-0.3, -0.25) is 9.80 Å². The maximum absolute atomic E-state index is 12.7. The molecule has 0 saturated carbocycles. The summed E-state index contributed by atoms with van der Waals surface area (Å²) in [5.41, 5.74) is 2.25. The molecule has 9 heteroatoms. The minimum absolute atomic E-state index is 0.174. The third-order valence-electron chi connectivity index (χ3n) is 3.64. The zero-order chi connectivity index (χ0) is 18.0. The number of nitriles is 1. The molecule has 0 atom stereocenters. The summed E-state index contributed by atoms with van der Waals surface area (Å²) in [5.74, 6) is 0.510. The van der Waals surface area contributed by atoms with Crippen molar-refractivity contribution in [3.8, 4) is 6.07 Å². The lowest BCUT2D eigenvalue weighted by Gasteiger charge is -2.22. The summed E-state index contributed by atoms with van der Waals surface area (Å²) >= 11 is 2.73. The number of benzene rings is 1. The number of hydrogen-bond acceptors (Lipinski definition) is 7. The van der Waals surface area contributed by atoms with E-state index in [1.165, 1.54) is 28.2 Å². The van der Waals surface area contributed by atoms with Gasteiger partial charge in [0, 0.05) is 19.8 Å². The Kier molecular flexibility index (Phi) is 5.11. The second-order valence-electron chi connectivity index (χ2n) is 5.30. The molecule has 128 valence electrons. The van der Waals surface area contributed by atoms with Crippen LogP contribution in [0.2, 0.25) is 0 Å². The van der Waals surface area contributed by atoms with Gasteiger partial charge in [-0.1, -0.05) is 35.7 Å². The van der Waals surface area contributed by atoms with Crippen LogP contribution >= 0.6 is 23.5 Å². The van der Waals surface area contributed by atoms with Crippen LogP contribution in [0.4, 0.5) is 10.1 Å². The third-order valence-corrected chi connectivity index (χ3v) is 5.88. The van der Waals surface area contributed by atoms with Crippen LogP contribution in [0.15, 0.2) is 39.2 Å². The number of aryl methyl sites for hydroxylation is 1. The number of aromatic nitrogens is 2. The Morgan fingerprint density at radius 1 is 1.40 bits per heavy atom. The number of halogens is 1. The molecule has 0 spiro atoms. The molecule has 0 bridgehead atoms. The molecule has 1 aliphatic heterocycles. The van der Waals surface area contributed by atoms with E-state index < -0.39 is 6.67 Å². The van der Waals surface area contributed by atoms with Crippen molar-refractivity contribution in [2.75, 3.05) is 12.1 Å². The van der Waals surface area contributed by atoms with Crippen molar-refractivity contribution < 1.29 is 4.39 Å². The van der Waals surface area contributed by atoms with Crippen LogP contribution in [0.3, 0.4) is 0 Å². The first-order chi connectivity index (χ1) is 12.0. The van der Waals surface area contributed by atoms with Gasteiger partial charge < -0.3 is 0 Å². The third kappa shape index (κ3) is 3.55. The number of nitrogens with zero attached hydrogens (tertiary/aromatic N) is 5. The van der Waals surface area contributed by atoms with Gasteiger partial charge in [0.25, 0.3) is 5.56 Å². The van der Waals surface area contributed by atoms with E-state index in [1.807, 2.05) is 0 Å². The first-order valence-corrected chi connectivity index (χ1v) is 9.11. The number of alkyl halides is 1. The Morgan fingerprint density at radius 3 is 2.92 bits per heavy atom. The van der Waals surface area contributed by atoms with Crippen molar-refractivity contribution in [2.45, 2.75) is 17.3 Å². The van der Waals surface area contributed by atoms with Crippen LogP contribution in [-0.2, 0) is 19.5 Å². The van der Waals surface area contributed by atoms with Crippen molar-refractivity contribution in [3.05, 3.63) is 51.4 Å². The van der Waals surface area contributed by atoms with Gasteiger partial charge >= 0.3 is 0 Å². The summed E-state index contributed by atoms with van der Waals surface area (Å²) in [7, 11) is 3.37. The zero-order valence-electron chi connectivity index (χ0n) is 13.6. The molecule has 0 radical (unpaired) electrons. The SMILES string of the molecule is CN1N=C(SCc2ccc(CF)cc2C#N)Sc2c1cnn(C)c2=O. The van der Waals surface area contributed by atoms with E-state index in [1.54, 1.807) is 43.5 Å². The highest BCUT2D eigenvalue weighted by Crippen LogP contribution is 2.36. The number of fused-ring (bicyclic) bond motifs is 1. The summed E-state index contributed by atoms with van der Waals surface area (Å²) < 4.78 is 14.7. The van der Waals surface area contributed by atoms with E-state index in [-0.39, 0.29) is 5.56 Å². The lowest BCUT2D eigenvalue weighted by Crippen LogP contribution is -2.27. The molecule has 0 amide bonds. The molecule has 0 N–H and O–H groups in total. The summed E-state index contributed by atoms with van der Waals surface area (Å²) in [6.07, 6.45) is 1.61. The Balaban J connectivity index is 1.80. The Morgan fingerprint density at radius 2 is 2.20 bits per heavy atom. The second-order valence-corrected chi connectivity index (χ2v) is 7.53. The molecule has 2 aromatic rings. The van der Waals surface area contributed by atoms with Gasteiger partial charge in [-0.2, -0.15) is 15.5 Å². The van der Waals surface area contributed by atoms with Gasteiger partial charge in [0.05, 0.1) is 23.5 Å². The molecule has 1 aliphatic rings. The van der Waals surface area contributed by atoms with Crippen molar-refractivity contribution in [2.24, 2.45) is 12.1 Å². The number of thioether (sulfide) groups is 2. The van der Waals surface area contributed by atoms with Gasteiger partial charge in [0.15, 0.2) is 4.38 Å². The van der Waals surface area contributed by atoms with Crippen LogP contribution in [0.5, 0.6) is 0 Å². The smallest absolute Gasteiger partial charge is 0.266 e. The van der Waals surface area contributed by atoms with Crippen LogP contribution in [0, 0.1) is 11.3 Å². The van der Waals surface area contributed by atoms with Crippen molar-refractivity contribution in [3.63, 3.8) is 0 Å². The van der Waals surface area contributed by atoms with Crippen LogP contribution in [0.1, 0.15) is 16.7 Å². The van der Waals surface area contributed by atoms with E-state index in [2.05, 4.69) is 16.3 Å². The van der Waals surface area contributed by atoms with Crippen LogP contribution in [-0.4, -0.2) is 21.2 Å². The lowest BCUT2D eigenvalue weighted by atomic mass is 10.1. The molecule has 25 heavy (non-hydrogen) atoms. The van der Waals surface area contributed by atoms with Gasteiger partial charge in [-0.15, -0.1) is 0 Å². The van der Waals surface area contributed by atoms with Gasteiger partial charge in [0.2, 0.25) is 0 Å². The van der Waals surface area contributed by atoms with Gasteiger partial charge in [-0.05, 0) is 17.2 Å². The number of anilines is 1. The summed E-state index contributed by atoms with van der Waals surface area (Å²) in [6, 6.07) is 7.10. The quantitative estimate of drug-likeness (QED) is 0.821. The largest absolute Gasteiger partial charge is 0.282 e. The number of hydrazone groups is 1. The average molecular weight is 375 g/mol. The zero-order valence-corrected chi connectivity index (χ0v) is 15.2. The summed E-state index contributed by atoms with van der Waals surface area (Å²) in [6.45, 7) is -0.594. The van der Waals surface area contributed by atoms with E-state index in [0.717, 1.165) is 5.56 Å². The lowest BCUT2D eigenvalue weighted by molar-refractivity contribution is 0.485. The van der Waals surface area contributed by atoms with Crippen LogP contribution < -0.4 is 10.6 Å². The maximum atomic E-state index is 12.7. The van der Waals surface area contributed by atoms with Crippen molar-refractivity contribution in [1.29, 1.82) is 5.26 Å². The molecule has 0 unspecified atom stereocenters. The van der Waals surface area contributed by atoms with Gasteiger partial charge in [0.1, 0.15) is 11.6 Å². The molecular weight excluding hydrogens is 361 g/mol. The van der Waals surface area contributed by atoms with Gasteiger partial charge in [-0.25, -0.2) is 9.07 Å². The molecule has 1 aromatic carbocycles. The standard InChI is InChI=1S/C16H14FN5OS2/c1-21-13-8-19-22(2)15(23)14(13)25-16(20-21)24-9-11-4-3-10(6-17)5-12(11)7-18/h3-5,8H,6,9H2,1-2H3. The van der Waals surface area contributed by atoms with E-state index in [4.69, 9.17) is 0 Å². The highest BCUT2D eigenvalue weighted by molar-refractivity contribution is 8.38. The molecule has 0 aliphatic carbocycles.